The highest BCUT2D eigenvalue weighted by molar-refractivity contribution is 5.84. The van der Waals surface area contributed by atoms with Gasteiger partial charge >= 0.3 is 5.97 Å². The molecule has 0 aromatic heterocycles. The number of amides is 1. The van der Waals surface area contributed by atoms with Gasteiger partial charge in [0.25, 0.3) is 0 Å². The first-order chi connectivity index (χ1) is 9.02. The molecule has 1 saturated carbocycles. The number of carboxylic acid groups (broad SMARTS) is 1. The van der Waals surface area contributed by atoms with Crippen LogP contribution in [0.5, 0.6) is 0 Å². The normalized spacial score (nSPS) is 23.3. The predicted molar refractivity (Wildman–Crippen MR) is 73.9 cm³/mol. The summed E-state index contributed by atoms with van der Waals surface area (Å²) in [6, 6.07) is 0. The van der Waals surface area contributed by atoms with Gasteiger partial charge in [-0.3, -0.25) is 9.59 Å². The molecule has 0 radical (unpaired) electrons. The Bertz CT molecular complexity index is 305. The minimum atomic E-state index is -0.826. The molecule has 1 aliphatic carbocycles. The quantitative estimate of drug-likeness (QED) is 0.685. The maximum Gasteiger partial charge on any atom is 0.307 e. The molecule has 110 valence electrons. The molecule has 1 amide bonds. The molecule has 1 fully saturated rings. The molecule has 0 unspecified atom stereocenters. The van der Waals surface area contributed by atoms with Gasteiger partial charge in [0.15, 0.2) is 0 Å². The van der Waals surface area contributed by atoms with E-state index in [2.05, 4.69) is 10.2 Å². The molecule has 2 N–H and O–H groups in total. The lowest BCUT2D eigenvalue weighted by Gasteiger charge is -2.27. The van der Waals surface area contributed by atoms with E-state index in [-0.39, 0.29) is 11.8 Å². The topological polar surface area (TPSA) is 69.6 Å². The smallest absolute Gasteiger partial charge is 0.307 e. The van der Waals surface area contributed by atoms with Crippen molar-refractivity contribution in [2.24, 2.45) is 11.8 Å². The lowest BCUT2D eigenvalue weighted by molar-refractivity contribution is -0.148. The molecule has 5 nitrogen and oxygen atoms in total. The summed E-state index contributed by atoms with van der Waals surface area (Å²) >= 11 is 0. The number of carboxylic acids is 1. The Balaban J connectivity index is 2.29. The van der Waals surface area contributed by atoms with Crippen LogP contribution in [-0.2, 0) is 9.59 Å². The van der Waals surface area contributed by atoms with E-state index >= 15 is 0 Å². The van der Waals surface area contributed by atoms with E-state index in [1.54, 1.807) is 0 Å². The molecule has 0 spiro atoms. The molecular weight excluding hydrogens is 244 g/mol. The van der Waals surface area contributed by atoms with Crippen LogP contribution in [0.1, 0.15) is 38.5 Å². The standard InChI is InChI=1S/C14H26N2O3/c1-16(2)10-6-5-9-15-13(17)11-7-3-4-8-12(11)14(18)19/h11-12H,3-10H2,1-2H3,(H,15,17)(H,18,19)/t11-,12+/m1/s1. The summed E-state index contributed by atoms with van der Waals surface area (Å²) < 4.78 is 0. The number of carbonyl (C=O) groups excluding carboxylic acids is 1. The van der Waals surface area contributed by atoms with E-state index in [9.17, 15) is 9.59 Å². The van der Waals surface area contributed by atoms with Crippen molar-refractivity contribution >= 4 is 11.9 Å². The highest BCUT2D eigenvalue weighted by Crippen LogP contribution is 2.30. The van der Waals surface area contributed by atoms with E-state index < -0.39 is 11.9 Å². The Labute approximate surface area is 115 Å². The van der Waals surface area contributed by atoms with Gasteiger partial charge in [-0.1, -0.05) is 12.8 Å². The summed E-state index contributed by atoms with van der Waals surface area (Å²) in [4.78, 5) is 25.3. The third kappa shape index (κ3) is 5.59. The van der Waals surface area contributed by atoms with Crippen LogP contribution < -0.4 is 5.32 Å². The molecule has 0 bridgehead atoms. The average molecular weight is 270 g/mol. The van der Waals surface area contributed by atoms with Crippen LogP contribution in [0.3, 0.4) is 0 Å². The average Bonchev–Trinajstić information content (AvgIpc) is 2.37. The number of rotatable bonds is 7. The van der Waals surface area contributed by atoms with Gasteiger partial charge in [-0.2, -0.15) is 0 Å². The second kappa shape index (κ2) is 8.15. The number of aliphatic carboxylic acids is 1. The van der Waals surface area contributed by atoms with Crippen LogP contribution in [0.2, 0.25) is 0 Å². The fourth-order valence-corrected chi connectivity index (χ4v) is 2.64. The largest absolute Gasteiger partial charge is 0.481 e. The van der Waals surface area contributed by atoms with E-state index in [0.717, 1.165) is 32.2 Å². The molecule has 0 saturated heterocycles. The van der Waals surface area contributed by atoms with Gasteiger partial charge in [-0.25, -0.2) is 0 Å². The van der Waals surface area contributed by atoms with Crippen LogP contribution >= 0.6 is 0 Å². The number of unbranched alkanes of at least 4 members (excludes halogenated alkanes) is 1. The fraction of sp³-hybridized carbons (Fsp3) is 0.857. The lowest BCUT2D eigenvalue weighted by atomic mass is 9.78. The monoisotopic (exact) mass is 270 g/mol. The van der Waals surface area contributed by atoms with Crippen molar-refractivity contribution in [1.82, 2.24) is 10.2 Å². The molecule has 19 heavy (non-hydrogen) atoms. The van der Waals surface area contributed by atoms with Gasteiger partial charge in [0, 0.05) is 6.54 Å². The third-order valence-electron chi connectivity index (χ3n) is 3.75. The molecule has 0 aliphatic heterocycles. The van der Waals surface area contributed by atoms with E-state index in [1.807, 2.05) is 14.1 Å². The Kier molecular flexibility index (Phi) is 6.84. The van der Waals surface area contributed by atoms with Crippen molar-refractivity contribution in [3.63, 3.8) is 0 Å². The van der Waals surface area contributed by atoms with Crippen molar-refractivity contribution in [2.45, 2.75) is 38.5 Å². The molecule has 2 atom stereocenters. The highest BCUT2D eigenvalue weighted by Gasteiger charge is 2.35. The summed E-state index contributed by atoms with van der Waals surface area (Å²) in [6.07, 6.45) is 5.20. The molecule has 1 rings (SSSR count). The first-order valence-corrected chi connectivity index (χ1v) is 7.17. The number of carbonyl (C=O) groups is 2. The number of nitrogens with zero attached hydrogens (tertiary/aromatic N) is 1. The van der Waals surface area contributed by atoms with Crippen LogP contribution in [-0.4, -0.2) is 49.1 Å². The van der Waals surface area contributed by atoms with Gasteiger partial charge in [0.05, 0.1) is 11.8 Å². The summed E-state index contributed by atoms with van der Waals surface area (Å²) in [5.41, 5.74) is 0. The van der Waals surface area contributed by atoms with Crippen molar-refractivity contribution in [2.75, 3.05) is 27.2 Å². The van der Waals surface area contributed by atoms with E-state index in [0.29, 0.717) is 19.4 Å². The molecule has 0 aromatic carbocycles. The maximum atomic E-state index is 12.0. The van der Waals surface area contributed by atoms with Gasteiger partial charge in [0.2, 0.25) is 5.91 Å². The molecule has 1 aliphatic rings. The van der Waals surface area contributed by atoms with Crippen LogP contribution in [0.25, 0.3) is 0 Å². The third-order valence-corrected chi connectivity index (χ3v) is 3.75. The molecule has 5 heteroatoms. The summed E-state index contributed by atoms with van der Waals surface area (Å²) in [5.74, 6) is -1.72. The van der Waals surface area contributed by atoms with Gasteiger partial charge < -0.3 is 15.3 Å². The maximum absolute atomic E-state index is 12.0. The zero-order valence-electron chi connectivity index (χ0n) is 12.0. The van der Waals surface area contributed by atoms with Crippen molar-refractivity contribution < 1.29 is 14.7 Å². The van der Waals surface area contributed by atoms with Crippen molar-refractivity contribution in [1.29, 1.82) is 0 Å². The zero-order chi connectivity index (χ0) is 14.3. The second-order valence-electron chi connectivity index (χ2n) is 5.64. The minimum Gasteiger partial charge on any atom is -0.481 e. The van der Waals surface area contributed by atoms with Crippen molar-refractivity contribution in [3.8, 4) is 0 Å². The Hall–Kier alpha value is -1.10. The predicted octanol–water partition coefficient (Wildman–Crippen LogP) is 1.34. The first-order valence-electron chi connectivity index (χ1n) is 7.17. The minimum absolute atomic E-state index is 0.0723. The first kappa shape index (κ1) is 16.0. The van der Waals surface area contributed by atoms with Crippen LogP contribution in [0, 0.1) is 11.8 Å². The molecule has 0 heterocycles. The summed E-state index contributed by atoms with van der Waals surface area (Å²) in [7, 11) is 4.05. The Morgan fingerprint density at radius 1 is 1.16 bits per heavy atom. The van der Waals surface area contributed by atoms with Gasteiger partial charge in [-0.05, 0) is 46.3 Å². The Morgan fingerprint density at radius 3 is 2.37 bits per heavy atom. The van der Waals surface area contributed by atoms with Gasteiger partial charge in [0.1, 0.15) is 0 Å². The van der Waals surface area contributed by atoms with E-state index in [1.165, 1.54) is 0 Å². The fourth-order valence-electron chi connectivity index (χ4n) is 2.64. The number of hydrogen-bond acceptors (Lipinski definition) is 3. The van der Waals surface area contributed by atoms with Crippen LogP contribution in [0.4, 0.5) is 0 Å². The Morgan fingerprint density at radius 2 is 1.79 bits per heavy atom. The number of hydrogen-bond donors (Lipinski definition) is 2. The lowest BCUT2D eigenvalue weighted by Crippen LogP contribution is -2.40. The SMILES string of the molecule is CN(C)CCCCNC(=O)[C@@H]1CCCC[C@@H]1C(=O)O. The number of nitrogens with one attached hydrogen (secondary N) is 1. The van der Waals surface area contributed by atoms with E-state index in [4.69, 9.17) is 5.11 Å². The van der Waals surface area contributed by atoms with Crippen LogP contribution in [0.15, 0.2) is 0 Å². The molecule has 0 aromatic rings. The van der Waals surface area contributed by atoms with Gasteiger partial charge in [-0.15, -0.1) is 0 Å². The highest BCUT2D eigenvalue weighted by atomic mass is 16.4. The zero-order valence-corrected chi connectivity index (χ0v) is 12.0. The summed E-state index contributed by atoms with van der Waals surface area (Å²) in [6.45, 7) is 1.66. The molecular formula is C14H26N2O3. The second-order valence-corrected chi connectivity index (χ2v) is 5.64. The summed E-state index contributed by atoms with van der Waals surface area (Å²) in [5, 5.41) is 12.0. The van der Waals surface area contributed by atoms with Crippen molar-refractivity contribution in [3.05, 3.63) is 0 Å².